The highest BCUT2D eigenvalue weighted by Gasteiger charge is 2.24. The smallest absolute Gasteiger partial charge is 0.175 e. The molecule has 3 nitrogen and oxygen atoms in total. The van der Waals surface area contributed by atoms with Gasteiger partial charge in [-0.25, -0.2) is 0 Å². The summed E-state index contributed by atoms with van der Waals surface area (Å²) < 4.78 is 5.48. The second-order valence-electron chi connectivity index (χ2n) is 4.14. The monoisotopic (exact) mass is 220 g/mol. The van der Waals surface area contributed by atoms with Crippen molar-refractivity contribution in [3.05, 3.63) is 30.0 Å². The Kier molecular flexibility index (Phi) is 2.88. The number of aliphatic hydroxyl groups is 1. The highest BCUT2D eigenvalue weighted by Crippen LogP contribution is 2.38. The molecule has 0 saturated heterocycles. The van der Waals surface area contributed by atoms with Crippen molar-refractivity contribution >= 4 is 11.0 Å². The van der Waals surface area contributed by atoms with Crippen LogP contribution in [0.15, 0.2) is 28.7 Å². The van der Waals surface area contributed by atoms with Crippen molar-refractivity contribution < 1.29 is 14.6 Å². The van der Waals surface area contributed by atoms with Crippen molar-refractivity contribution in [2.75, 3.05) is 0 Å². The van der Waals surface area contributed by atoms with Crippen LogP contribution in [0.5, 0.6) is 5.75 Å². The van der Waals surface area contributed by atoms with Crippen molar-refractivity contribution in [2.45, 2.75) is 26.4 Å². The zero-order chi connectivity index (χ0) is 11.7. The number of hydrogen-bond donors (Lipinski definition) is 2. The number of hydrogen-bond acceptors (Lipinski definition) is 3. The molecule has 3 heteroatoms. The first-order chi connectivity index (χ1) is 7.65. The number of rotatable bonds is 3. The molecule has 0 fully saturated rings. The molecule has 1 aromatic carbocycles. The Morgan fingerprint density at radius 1 is 1.31 bits per heavy atom. The molecule has 0 aliphatic carbocycles. The molecule has 0 radical (unpaired) electrons. The van der Waals surface area contributed by atoms with E-state index >= 15 is 0 Å². The van der Waals surface area contributed by atoms with Crippen molar-refractivity contribution in [1.29, 1.82) is 0 Å². The van der Waals surface area contributed by atoms with Crippen LogP contribution < -0.4 is 0 Å². The van der Waals surface area contributed by atoms with Crippen LogP contribution in [0.3, 0.4) is 0 Å². The summed E-state index contributed by atoms with van der Waals surface area (Å²) in [6.45, 7) is 3.92. The van der Waals surface area contributed by atoms with E-state index in [9.17, 15) is 10.2 Å². The second-order valence-corrected chi connectivity index (χ2v) is 4.14. The molecule has 0 aliphatic heterocycles. The topological polar surface area (TPSA) is 53.6 Å². The van der Waals surface area contributed by atoms with Crippen molar-refractivity contribution in [3.8, 4) is 5.75 Å². The summed E-state index contributed by atoms with van der Waals surface area (Å²) >= 11 is 0. The Morgan fingerprint density at radius 3 is 2.62 bits per heavy atom. The fourth-order valence-electron chi connectivity index (χ4n) is 1.73. The van der Waals surface area contributed by atoms with Crippen LogP contribution in [0.2, 0.25) is 0 Å². The molecular formula is C13H16O3. The molecule has 0 bridgehead atoms. The van der Waals surface area contributed by atoms with E-state index in [1.54, 1.807) is 12.1 Å². The Bertz CT molecular complexity index is 487. The van der Waals surface area contributed by atoms with Crippen molar-refractivity contribution in [2.24, 2.45) is 5.92 Å². The van der Waals surface area contributed by atoms with E-state index in [0.717, 1.165) is 6.42 Å². The molecule has 0 aliphatic rings. The van der Waals surface area contributed by atoms with Crippen LogP contribution in [-0.2, 0) is 0 Å². The van der Waals surface area contributed by atoms with Gasteiger partial charge in [-0.3, -0.25) is 0 Å². The first kappa shape index (κ1) is 11.0. The summed E-state index contributed by atoms with van der Waals surface area (Å²) in [4.78, 5) is 0. The highest BCUT2D eigenvalue weighted by atomic mass is 16.4. The van der Waals surface area contributed by atoms with Crippen LogP contribution >= 0.6 is 0 Å². The van der Waals surface area contributed by atoms with E-state index in [0.29, 0.717) is 11.0 Å². The fourth-order valence-corrected chi connectivity index (χ4v) is 1.73. The largest absolute Gasteiger partial charge is 0.504 e. The maximum atomic E-state index is 10.0. The predicted molar refractivity (Wildman–Crippen MR) is 62.3 cm³/mol. The lowest BCUT2D eigenvalue weighted by Gasteiger charge is -2.14. The maximum Gasteiger partial charge on any atom is 0.175 e. The summed E-state index contributed by atoms with van der Waals surface area (Å²) in [6, 6.07) is 7.23. The van der Waals surface area contributed by atoms with E-state index in [1.165, 1.54) is 0 Å². The normalized spacial score (nSPS) is 15.2. The third-order valence-corrected chi connectivity index (χ3v) is 3.05. The Labute approximate surface area is 94.3 Å². The molecule has 2 N–H and O–H groups in total. The quantitative estimate of drug-likeness (QED) is 0.835. The average molecular weight is 220 g/mol. The van der Waals surface area contributed by atoms with Gasteiger partial charge in [-0.15, -0.1) is 0 Å². The van der Waals surface area contributed by atoms with Gasteiger partial charge >= 0.3 is 0 Å². The number of aromatic hydroxyl groups is 1. The summed E-state index contributed by atoms with van der Waals surface area (Å²) in [5.41, 5.74) is 0.609. The Balaban J connectivity index is 2.49. The third kappa shape index (κ3) is 1.67. The van der Waals surface area contributed by atoms with Gasteiger partial charge in [0.15, 0.2) is 11.5 Å². The first-order valence-electron chi connectivity index (χ1n) is 5.53. The molecule has 1 aromatic heterocycles. The molecular weight excluding hydrogens is 204 g/mol. The van der Waals surface area contributed by atoms with Gasteiger partial charge in [0.1, 0.15) is 11.7 Å². The standard InChI is InChI=1S/C13H16O3/c1-3-8(2)11(14)13-12(15)9-6-4-5-7-10(9)16-13/h4-8,11,14-15H,3H2,1-2H3. The highest BCUT2D eigenvalue weighted by molar-refractivity contribution is 5.85. The van der Waals surface area contributed by atoms with Gasteiger partial charge in [-0.1, -0.05) is 32.4 Å². The zero-order valence-electron chi connectivity index (χ0n) is 9.47. The lowest BCUT2D eigenvalue weighted by Crippen LogP contribution is -2.07. The van der Waals surface area contributed by atoms with Gasteiger partial charge in [0, 0.05) is 0 Å². The van der Waals surface area contributed by atoms with Crippen LogP contribution in [0.1, 0.15) is 32.1 Å². The minimum atomic E-state index is -0.752. The van der Waals surface area contributed by atoms with Crippen molar-refractivity contribution in [3.63, 3.8) is 0 Å². The summed E-state index contributed by atoms with van der Waals surface area (Å²) in [5, 5.41) is 20.6. The maximum absolute atomic E-state index is 10.0. The molecule has 0 spiro atoms. The Hall–Kier alpha value is -1.48. The molecule has 2 aromatic rings. The minimum Gasteiger partial charge on any atom is -0.504 e. The number of para-hydroxylation sites is 1. The third-order valence-electron chi connectivity index (χ3n) is 3.05. The summed E-state index contributed by atoms with van der Waals surface area (Å²) in [7, 11) is 0. The average Bonchev–Trinajstić information content (AvgIpc) is 2.65. The van der Waals surface area contributed by atoms with Gasteiger partial charge in [-0.2, -0.15) is 0 Å². The lowest BCUT2D eigenvalue weighted by atomic mass is 9.99. The number of aliphatic hydroxyl groups excluding tert-OH is 1. The van der Waals surface area contributed by atoms with Gasteiger partial charge < -0.3 is 14.6 Å². The summed E-state index contributed by atoms with van der Waals surface area (Å²) in [5.74, 6) is 0.394. The Morgan fingerprint density at radius 2 is 2.00 bits per heavy atom. The van der Waals surface area contributed by atoms with Crippen LogP contribution in [0.4, 0.5) is 0 Å². The first-order valence-corrected chi connectivity index (χ1v) is 5.53. The van der Waals surface area contributed by atoms with E-state index in [-0.39, 0.29) is 17.4 Å². The molecule has 86 valence electrons. The fraction of sp³-hybridized carbons (Fsp3) is 0.385. The van der Waals surface area contributed by atoms with Gasteiger partial charge in [0.2, 0.25) is 0 Å². The molecule has 1 heterocycles. The summed E-state index contributed by atoms with van der Waals surface area (Å²) in [6.07, 6.45) is 0.0786. The minimum absolute atomic E-state index is 0.0587. The molecule has 0 amide bonds. The predicted octanol–water partition coefficient (Wildman–Crippen LogP) is 3.22. The molecule has 16 heavy (non-hydrogen) atoms. The van der Waals surface area contributed by atoms with E-state index in [4.69, 9.17) is 4.42 Å². The van der Waals surface area contributed by atoms with Gasteiger partial charge in [0.25, 0.3) is 0 Å². The van der Waals surface area contributed by atoms with Crippen LogP contribution in [-0.4, -0.2) is 10.2 Å². The van der Waals surface area contributed by atoms with Gasteiger partial charge in [-0.05, 0) is 18.1 Å². The number of benzene rings is 1. The SMILES string of the molecule is CCC(C)C(O)c1oc2ccccc2c1O. The van der Waals surface area contributed by atoms with Gasteiger partial charge in [0.05, 0.1) is 5.39 Å². The van der Waals surface area contributed by atoms with Crippen LogP contribution in [0.25, 0.3) is 11.0 Å². The lowest BCUT2D eigenvalue weighted by molar-refractivity contribution is 0.0907. The van der Waals surface area contributed by atoms with E-state index in [1.807, 2.05) is 26.0 Å². The molecule has 0 saturated carbocycles. The number of furan rings is 1. The van der Waals surface area contributed by atoms with E-state index in [2.05, 4.69) is 0 Å². The molecule has 2 unspecified atom stereocenters. The molecule has 2 rings (SSSR count). The zero-order valence-corrected chi connectivity index (χ0v) is 9.47. The molecule has 2 atom stereocenters. The second kappa shape index (κ2) is 4.18. The van der Waals surface area contributed by atoms with Crippen molar-refractivity contribution in [1.82, 2.24) is 0 Å². The van der Waals surface area contributed by atoms with Crippen LogP contribution in [0, 0.1) is 5.92 Å². The number of fused-ring (bicyclic) bond motifs is 1. The van der Waals surface area contributed by atoms with E-state index < -0.39 is 6.10 Å².